The van der Waals surface area contributed by atoms with E-state index in [1.807, 2.05) is 6.92 Å². The summed E-state index contributed by atoms with van der Waals surface area (Å²) in [6.45, 7) is 16.6. The van der Waals surface area contributed by atoms with Crippen molar-refractivity contribution in [3.63, 3.8) is 0 Å². The first kappa shape index (κ1) is 32.9. The molecule has 0 atom stereocenters. The number of nitrogens with zero attached hydrogens (tertiary/aromatic N) is 2. The molecular weight excluding hydrogens is 360 g/mol. The summed E-state index contributed by atoms with van der Waals surface area (Å²) in [5.74, 6) is 0.944. The van der Waals surface area contributed by atoms with Crippen molar-refractivity contribution >= 4 is 12.6 Å². The zero-order valence-electron chi connectivity index (χ0n) is 19.2. The fraction of sp³-hybridized carbons (Fsp3) is 1.00. The first-order valence-electron chi connectivity index (χ1n) is 11.3. The van der Waals surface area contributed by atoms with Gasteiger partial charge in [0, 0.05) is 26.2 Å². The molecule has 174 valence electrons. The van der Waals surface area contributed by atoms with Crippen molar-refractivity contribution in [1.82, 2.24) is 9.80 Å². The van der Waals surface area contributed by atoms with Crippen LogP contribution in [-0.2, 0) is 0 Å². The molecule has 0 aromatic rings. The van der Waals surface area contributed by atoms with Crippen LogP contribution < -0.4 is 0 Å². The number of likely N-dealkylation sites (tertiary alicyclic amines) is 2. The lowest BCUT2D eigenvalue weighted by Crippen LogP contribution is -2.54. The van der Waals surface area contributed by atoms with E-state index >= 15 is 0 Å². The third-order valence-corrected chi connectivity index (χ3v) is 6.07. The molecule has 3 heteroatoms. The van der Waals surface area contributed by atoms with Crippen molar-refractivity contribution in [2.75, 3.05) is 46.0 Å². The number of hydrogen-bond acceptors (Lipinski definition) is 3. The Morgan fingerprint density at radius 3 is 1.29 bits per heavy atom. The summed E-state index contributed by atoms with van der Waals surface area (Å²) in [7, 11) is 4.46. The van der Waals surface area contributed by atoms with Crippen molar-refractivity contribution < 1.29 is 0 Å². The first-order chi connectivity index (χ1) is 12.4. The molecule has 0 bridgehead atoms. The van der Waals surface area contributed by atoms with Gasteiger partial charge in [-0.3, -0.25) is 0 Å². The fourth-order valence-corrected chi connectivity index (χ4v) is 4.83. The lowest BCUT2D eigenvalue weighted by Gasteiger charge is -2.49. The highest BCUT2D eigenvalue weighted by atomic mass is 32.1. The van der Waals surface area contributed by atoms with Crippen LogP contribution in [-0.4, -0.2) is 55.8 Å². The van der Waals surface area contributed by atoms with Crippen LogP contribution in [0.4, 0.5) is 0 Å². The predicted octanol–water partition coefficient (Wildman–Crippen LogP) is 7.64. The van der Waals surface area contributed by atoms with E-state index in [2.05, 4.69) is 64.2 Å². The third kappa shape index (κ3) is 12.1. The number of unbranched alkanes of at least 4 members (excludes halogenated alkanes) is 2. The van der Waals surface area contributed by atoms with Crippen molar-refractivity contribution in [3.05, 3.63) is 0 Å². The Hall–Kier alpha value is 0.270. The van der Waals surface area contributed by atoms with Gasteiger partial charge in [0.2, 0.25) is 0 Å². The molecule has 2 aliphatic heterocycles. The Bertz CT molecular complexity index is 315. The molecule has 0 N–H and O–H groups in total. The molecule has 2 saturated heterocycles. The van der Waals surface area contributed by atoms with Gasteiger partial charge < -0.3 is 9.80 Å². The summed E-state index contributed by atoms with van der Waals surface area (Å²) in [4.78, 5) is 4.88. The van der Waals surface area contributed by atoms with Crippen LogP contribution in [0.2, 0.25) is 0 Å². The van der Waals surface area contributed by atoms with Gasteiger partial charge in [-0.2, -0.15) is 12.6 Å². The van der Waals surface area contributed by atoms with Crippen LogP contribution in [0.3, 0.4) is 0 Å². The topological polar surface area (TPSA) is 6.48 Å². The largest absolute Gasteiger partial charge is 0.305 e. The Morgan fingerprint density at radius 2 is 1.00 bits per heavy atom. The lowest BCUT2D eigenvalue weighted by molar-refractivity contribution is 0.00451. The molecule has 0 aliphatic carbocycles. The van der Waals surface area contributed by atoms with Crippen molar-refractivity contribution in [3.8, 4) is 0 Å². The second kappa shape index (κ2) is 18.1. The standard InChI is InChI=1S/C11H23N.C10H21N.C2H6S.2CH4/c1-4-6-8-11(7-5-2)9-12(3)10-11;1-4-6-7-10(5-2)8-11(3)9-10;1-2-3;;/h4-10H2,1-3H3;4-9H2,1-3H3;3H,2H2,1H3;2*1H4. The van der Waals surface area contributed by atoms with Crippen LogP contribution in [0.5, 0.6) is 0 Å². The zero-order chi connectivity index (χ0) is 20.1. The predicted molar refractivity (Wildman–Crippen MR) is 137 cm³/mol. The highest BCUT2D eigenvalue weighted by molar-refractivity contribution is 7.80. The normalized spacial score (nSPS) is 19.3. The first-order valence-corrected chi connectivity index (χ1v) is 12.0. The lowest BCUT2D eigenvalue weighted by atomic mass is 9.73. The van der Waals surface area contributed by atoms with E-state index in [9.17, 15) is 0 Å². The molecule has 0 aromatic carbocycles. The van der Waals surface area contributed by atoms with E-state index in [1.165, 1.54) is 84.0 Å². The quantitative estimate of drug-likeness (QED) is 0.384. The van der Waals surface area contributed by atoms with E-state index < -0.39 is 0 Å². The van der Waals surface area contributed by atoms with E-state index in [0.29, 0.717) is 5.41 Å². The van der Waals surface area contributed by atoms with Crippen LogP contribution >= 0.6 is 12.6 Å². The summed E-state index contributed by atoms with van der Waals surface area (Å²) >= 11 is 3.79. The molecule has 0 unspecified atom stereocenters. The summed E-state index contributed by atoms with van der Waals surface area (Å²) in [6, 6.07) is 0. The maximum Gasteiger partial charge on any atom is 0.00474 e. The van der Waals surface area contributed by atoms with Gasteiger partial charge in [-0.25, -0.2) is 0 Å². The maximum absolute atomic E-state index is 3.79. The van der Waals surface area contributed by atoms with Gasteiger partial charge in [-0.1, -0.05) is 81.6 Å². The van der Waals surface area contributed by atoms with E-state index in [-0.39, 0.29) is 14.9 Å². The average molecular weight is 419 g/mol. The molecule has 0 aromatic heterocycles. The Morgan fingerprint density at radius 1 is 0.643 bits per heavy atom. The van der Waals surface area contributed by atoms with E-state index in [0.717, 1.165) is 11.2 Å². The van der Waals surface area contributed by atoms with Gasteiger partial charge in [0.25, 0.3) is 0 Å². The summed E-state index contributed by atoms with van der Waals surface area (Å²) in [5.41, 5.74) is 1.43. The molecular formula is C25H58N2S. The second-order valence-corrected chi connectivity index (χ2v) is 9.60. The molecule has 2 heterocycles. The van der Waals surface area contributed by atoms with Crippen molar-refractivity contribution in [2.24, 2.45) is 10.8 Å². The Balaban J connectivity index is -0.000000369. The van der Waals surface area contributed by atoms with Gasteiger partial charge in [0.05, 0.1) is 0 Å². The van der Waals surface area contributed by atoms with Crippen LogP contribution in [0, 0.1) is 10.8 Å². The number of rotatable bonds is 9. The van der Waals surface area contributed by atoms with Gasteiger partial charge in [-0.05, 0) is 56.4 Å². The summed E-state index contributed by atoms with van der Waals surface area (Å²) in [6.07, 6.45) is 12.6. The molecule has 0 saturated carbocycles. The number of hydrogen-bond donors (Lipinski definition) is 1. The minimum atomic E-state index is 0. The minimum Gasteiger partial charge on any atom is -0.305 e. The van der Waals surface area contributed by atoms with Gasteiger partial charge in [0.1, 0.15) is 0 Å². The van der Waals surface area contributed by atoms with Gasteiger partial charge in [-0.15, -0.1) is 0 Å². The zero-order valence-corrected chi connectivity index (χ0v) is 20.1. The van der Waals surface area contributed by atoms with Crippen LogP contribution in [0.1, 0.15) is 107 Å². The molecule has 2 fully saturated rings. The summed E-state index contributed by atoms with van der Waals surface area (Å²) in [5, 5.41) is 0. The Labute approximate surface area is 186 Å². The van der Waals surface area contributed by atoms with Crippen molar-refractivity contribution in [2.45, 2.75) is 107 Å². The molecule has 28 heavy (non-hydrogen) atoms. The van der Waals surface area contributed by atoms with Gasteiger partial charge >= 0.3 is 0 Å². The highest BCUT2D eigenvalue weighted by Crippen LogP contribution is 2.39. The molecule has 2 rings (SSSR count). The highest BCUT2D eigenvalue weighted by Gasteiger charge is 2.39. The molecule has 2 nitrogen and oxygen atoms in total. The average Bonchev–Trinajstić information content (AvgIpc) is 2.56. The maximum atomic E-state index is 3.79. The number of thiol groups is 1. The van der Waals surface area contributed by atoms with Gasteiger partial charge in [0.15, 0.2) is 0 Å². The minimum absolute atomic E-state index is 0. The van der Waals surface area contributed by atoms with E-state index in [1.54, 1.807) is 0 Å². The third-order valence-electron chi connectivity index (χ3n) is 6.07. The van der Waals surface area contributed by atoms with E-state index in [4.69, 9.17) is 0 Å². The summed E-state index contributed by atoms with van der Waals surface area (Å²) < 4.78 is 0. The smallest absolute Gasteiger partial charge is 0.00474 e. The molecule has 2 aliphatic rings. The second-order valence-electron chi connectivity index (χ2n) is 8.97. The van der Waals surface area contributed by atoms with Crippen LogP contribution in [0.25, 0.3) is 0 Å². The molecule has 0 amide bonds. The monoisotopic (exact) mass is 418 g/mol. The fourth-order valence-electron chi connectivity index (χ4n) is 4.83. The van der Waals surface area contributed by atoms with Crippen molar-refractivity contribution in [1.29, 1.82) is 0 Å². The van der Waals surface area contributed by atoms with Crippen LogP contribution in [0.15, 0.2) is 0 Å². The Kier molecular flexibility index (Phi) is 21.2. The molecule has 0 spiro atoms. The SMILES string of the molecule is C.C.CCCCC1(CC)CN(C)C1.CCCCC1(CCC)CN(C)C1.CCS. The molecule has 0 radical (unpaired) electrons.